The van der Waals surface area contributed by atoms with Crippen molar-refractivity contribution in [3.63, 3.8) is 0 Å². The zero-order valence-electron chi connectivity index (χ0n) is 9.79. The maximum absolute atomic E-state index is 3.42. The largest absolute Gasteiger partial charge is 0.152 e. The number of rotatable bonds is 1. The van der Waals surface area contributed by atoms with Crippen LogP contribution in [-0.4, -0.2) is 0 Å². The molecule has 2 heteroatoms. The van der Waals surface area contributed by atoms with E-state index in [1.165, 1.54) is 11.1 Å². The molecule has 0 aliphatic carbocycles. The number of hydrogen-bond donors (Lipinski definition) is 0. The summed E-state index contributed by atoms with van der Waals surface area (Å²) in [6, 6.07) is 22.7. The molecule has 1 heterocycles. The van der Waals surface area contributed by atoms with Gasteiger partial charge in [-0.15, -0.1) is 0 Å². The lowest BCUT2D eigenvalue weighted by molar-refractivity contribution is 1.59. The van der Waals surface area contributed by atoms with Crippen molar-refractivity contribution in [1.29, 1.82) is 0 Å². The second-order valence-electron chi connectivity index (χ2n) is 3.67. The highest BCUT2D eigenvalue weighted by Gasteiger charge is 1.94. The third kappa shape index (κ3) is 4.13. The summed E-state index contributed by atoms with van der Waals surface area (Å²) in [7, 11) is 0. The molecule has 0 saturated heterocycles. The van der Waals surface area contributed by atoms with Gasteiger partial charge in [-0.3, -0.25) is 0 Å². The van der Waals surface area contributed by atoms with Crippen molar-refractivity contribution in [3.8, 4) is 11.1 Å². The minimum absolute atomic E-state index is 1.12. The average molecular weight is 317 g/mol. The molecule has 3 rings (SSSR count). The minimum Gasteiger partial charge on any atom is -0.152 e. The topological polar surface area (TPSA) is 0 Å². The maximum atomic E-state index is 3.42. The third-order valence-corrected chi connectivity index (χ3v) is 3.53. The van der Waals surface area contributed by atoms with Crippen LogP contribution in [0.15, 0.2) is 82.0 Å². The normalized spacial score (nSPS) is 9.39. The van der Waals surface area contributed by atoms with Crippen molar-refractivity contribution in [2.75, 3.05) is 0 Å². The van der Waals surface area contributed by atoms with Gasteiger partial charge in [0, 0.05) is 4.47 Å². The van der Waals surface area contributed by atoms with Gasteiger partial charge in [0.1, 0.15) is 0 Å². The SMILES string of the molecule is Brc1ccc(-c2ccccc2)cc1.c1ccsc1. The van der Waals surface area contributed by atoms with Crippen LogP contribution >= 0.6 is 27.3 Å². The van der Waals surface area contributed by atoms with Crippen LogP contribution < -0.4 is 0 Å². The van der Waals surface area contributed by atoms with Gasteiger partial charge in [-0.1, -0.05) is 70.5 Å². The Labute approximate surface area is 120 Å². The Kier molecular flexibility index (Phi) is 5.18. The van der Waals surface area contributed by atoms with Crippen LogP contribution in [-0.2, 0) is 0 Å². The van der Waals surface area contributed by atoms with E-state index >= 15 is 0 Å². The first kappa shape index (κ1) is 13.1. The van der Waals surface area contributed by atoms with Crippen LogP contribution in [0.4, 0.5) is 0 Å². The molecule has 0 fully saturated rings. The Balaban J connectivity index is 0.000000202. The predicted molar refractivity (Wildman–Crippen MR) is 83.9 cm³/mol. The van der Waals surface area contributed by atoms with Crippen LogP contribution in [0.2, 0.25) is 0 Å². The molecule has 18 heavy (non-hydrogen) atoms. The molecule has 90 valence electrons. The van der Waals surface area contributed by atoms with Gasteiger partial charge in [0.25, 0.3) is 0 Å². The molecule has 0 aliphatic rings. The molecule has 0 amide bonds. The number of thiophene rings is 1. The molecule has 0 N–H and O–H groups in total. The zero-order chi connectivity index (χ0) is 12.6. The van der Waals surface area contributed by atoms with Gasteiger partial charge in [-0.25, -0.2) is 0 Å². The Morgan fingerprint density at radius 3 is 1.67 bits per heavy atom. The highest BCUT2D eigenvalue weighted by Crippen LogP contribution is 2.20. The lowest BCUT2D eigenvalue weighted by Crippen LogP contribution is -1.75. The fraction of sp³-hybridized carbons (Fsp3) is 0. The Hall–Kier alpha value is -1.38. The van der Waals surface area contributed by atoms with E-state index in [0.717, 1.165) is 4.47 Å². The Morgan fingerprint density at radius 1 is 0.611 bits per heavy atom. The fourth-order valence-corrected chi connectivity index (χ4v) is 2.22. The molecule has 0 atom stereocenters. The second-order valence-corrected chi connectivity index (χ2v) is 5.40. The molecule has 0 spiro atoms. The van der Waals surface area contributed by atoms with Crippen molar-refractivity contribution in [2.45, 2.75) is 0 Å². The van der Waals surface area contributed by atoms with E-state index in [9.17, 15) is 0 Å². The number of benzene rings is 2. The van der Waals surface area contributed by atoms with Gasteiger partial charge >= 0.3 is 0 Å². The Morgan fingerprint density at radius 2 is 1.17 bits per heavy atom. The molecule has 0 aliphatic heterocycles. The van der Waals surface area contributed by atoms with E-state index in [-0.39, 0.29) is 0 Å². The monoisotopic (exact) mass is 316 g/mol. The highest BCUT2D eigenvalue weighted by atomic mass is 79.9. The van der Waals surface area contributed by atoms with Crippen molar-refractivity contribution in [3.05, 3.63) is 82.0 Å². The van der Waals surface area contributed by atoms with Crippen molar-refractivity contribution >= 4 is 27.3 Å². The van der Waals surface area contributed by atoms with Gasteiger partial charge in [-0.2, -0.15) is 11.3 Å². The quantitative estimate of drug-likeness (QED) is 0.527. The first-order chi connectivity index (χ1) is 8.86. The van der Waals surface area contributed by atoms with Gasteiger partial charge in [0.15, 0.2) is 0 Å². The minimum atomic E-state index is 1.12. The molecule has 0 saturated carbocycles. The van der Waals surface area contributed by atoms with Gasteiger partial charge in [-0.05, 0) is 34.0 Å². The molecule has 0 radical (unpaired) electrons. The summed E-state index contributed by atoms with van der Waals surface area (Å²) in [6.45, 7) is 0. The number of hydrogen-bond acceptors (Lipinski definition) is 1. The van der Waals surface area contributed by atoms with Gasteiger partial charge in [0.2, 0.25) is 0 Å². The summed E-state index contributed by atoms with van der Waals surface area (Å²) >= 11 is 5.13. The van der Waals surface area contributed by atoms with E-state index in [4.69, 9.17) is 0 Å². The van der Waals surface area contributed by atoms with E-state index in [0.29, 0.717) is 0 Å². The maximum Gasteiger partial charge on any atom is 0.0175 e. The standard InChI is InChI=1S/C12H9Br.C4H4S/c13-12-8-6-11(7-9-12)10-4-2-1-3-5-10;1-2-4-5-3-1/h1-9H;1-4H. The third-order valence-electron chi connectivity index (χ3n) is 2.38. The van der Waals surface area contributed by atoms with Crippen LogP contribution in [0.25, 0.3) is 11.1 Å². The van der Waals surface area contributed by atoms with E-state index in [2.05, 4.69) is 64.5 Å². The summed E-state index contributed by atoms with van der Waals surface area (Å²) in [5.74, 6) is 0. The van der Waals surface area contributed by atoms with E-state index in [1.807, 2.05) is 29.0 Å². The van der Waals surface area contributed by atoms with Crippen molar-refractivity contribution in [2.24, 2.45) is 0 Å². The molecular weight excluding hydrogens is 304 g/mol. The summed E-state index contributed by atoms with van der Waals surface area (Å²) < 4.78 is 1.12. The van der Waals surface area contributed by atoms with Crippen LogP contribution in [0.3, 0.4) is 0 Å². The zero-order valence-corrected chi connectivity index (χ0v) is 12.2. The van der Waals surface area contributed by atoms with Crippen LogP contribution in [0.1, 0.15) is 0 Å². The summed E-state index contributed by atoms with van der Waals surface area (Å²) in [6.07, 6.45) is 0. The molecule has 0 unspecified atom stereocenters. The molecular formula is C16H13BrS. The molecule has 3 aromatic rings. The van der Waals surface area contributed by atoms with Crippen LogP contribution in [0.5, 0.6) is 0 Å². The predicted octanol–water partition coefficient (Wildman–Crippen LogP) is 5.86. The smallest absolute Gasteiger partial charge is 0.0175 e. The van der Waals surface area contributed by atoms with Crippen molar-refractivity contribution in [1.82, 2.24) is 0 Å². The van der Waals surface area contributed by atoms with Gasteiger partial charge in [0.05, 0.1) is 0 Å². The molecule has 2 aromatic carbocycles. The van der Waals surface area contributed by atoms with E-state index in [1.54, 1.807) is 11.3 Å². The molecule has 1 aromatic heterocycles. The first-order valence-corrected chi connectivity index (χ1v) is 7.38. The number of halogens is 1. The lowest BCUT2D eigenvalue weighted by Gasteiger charge is -2.00. The van der Waals surface area contributed by atoms with Crippen LogP contribution in [0, 0.1) is 0 Å². The highest BCUT2D eigenvalue weighted by molar-refractivity contribution is 9.10. The lowest BCUT2D eigenvalue weighted by atomic mass is 10.1. The van der Waals surface area contributed by atoms with E-state index < -0.39 is 0 Å². The molecule has 0 nitrogen and oxygen atoms in total. The fourth-order valence-electron chi connectivity index (χ4n) is 1.50. The van der Waals surface area contributed by atoms with Crippen molar-refractivity contribution < 1.29 is 0 Å². The first-order valence-electron chi connectivity index (χ1n) is 5.64. The summed E-state index contributed by atoms with van der Waals surface area (Å²) in [4.78, 5) is 0. The summed E-state index contributed by atoms with van der Waals surface area (Å²) in [5.41, 5.74) is 2.51. The second kappa shape index (κ2) is 7.14. The Bertz CT molecular complexity index is 524. The summed E-state index contributed by atoms with van der Waals surface area (Å²) in [5, 5.41) is 4.08. The van der Waals surface area contributed by atoms with Gasteiger partial charge < -0.3 is 0 Å². The molecule has 0 bridgehead atoms. The average Bonchev–Trinajstić information content (AvgIpc) is 3.00.